The number of hydrogen-bond donors (Lipinski definition) is 1. The summed E-state index contributed by atoms with van der Waals surface area (Å²) in [5.74, 6) is -0.210. The third-order valence-electron chi connectivity index (χ3n) is 9.15. The van der Waals surface area contributed by atoms with Crippen molar-refractivity contribution in [2.75, 3.05) is 6.54 Å². The van der Waals surface area contributed by atoms with Crippen LogP contribution in [0.4, 0.5) is 0 Å². The number of aromatic nitrogens is 4. The zero-order chi connectivity index (χ0) is 28.8. The summed E-state index contributed by atoms with van der Waals surface area (Å²) in [4.78, 5) is 19.5. The van der Waals surface area contributed by atoms with Crippen molar-refractivity contribution in [1.29, 1.82) is 0 Å². The molecule has 3 atom stereocenters. The standard InChI is InChI=1S/C33H39N5O3/c1-6-25-18-38(21(4)32-29(41-25)11-8-12-34-32)17-24-15-23(14-22-9-7-10-26(22)24)28(16-30(39)40)27-13-19(2)33-31(20(27)3)35-36-37(33)5/h8,11-15,21,25,28H,6-7,9-10,16-18H2,1-5H3,(H,39,40)/t21-,25+,28?/m0/s1. The molecule has 8 heteroatoms. The number of nitrogens with zero attached hydrogens (tertiary/aromatic N) is 5. The monoisotopic (exact) mass is 553 g/mol. The van der Waals surface area contributed by atoms with Gasteiger partial charge in [0.1, 0.15) is 17.4 Å². The second kappa shape index (κ2) is 10.9. The summed E-state index contributed by atoms with van der Waals surface area (Å²) >= 11 is 0. The van der Waals surface area contributed by atoms with Crippen LogP contribution >= 0.6 is 0 Å². The van der Waals surface area contributed by atoms with Gasteiger partial charge in [0.25, 0.3) is 0 Å². The number of aliphatic carboxylic acids is 1. The van der Waals surface area contributed by atoms with E-state index in [9.17, 15) is 9.90 Å². The van der Waals surface area contributed by atoms with Crippen LogP contribution in [0.5, 0.6) is 5.75 Å². The smallest absolute Gasteiger partial charge is 0.304 e. The summed E-state index contributed by atoms with van der Waals surface area (Å²) in [7, 11) is 1.90. The largest absolute Gasteiger partial charge is 0.487 e. The maximum atomic E-state index is 12.3. The molecule has 2 aliphatic rings. The Morgan fingerprint density at radius 2 is 2.05 bits per heavy atom. The van der Waals surface area contributed by atoms with Crippen LogP contribution in [0.3, 0.4) is 0 Å². The van der Waals surface area contributed by atoms with Crippen molar-refractivity contribution in [2.24, 2.45) is 7.05 Å². The molecule has 1 aliphatic heterocycles. The van der Waals surface area contributed by atoms with Crippen molar-refractivity contribution < 1.29 is 14.6 Å². The molecule has 0 spiro atoms. The van der Waals surface area contributed by atoms with Crippen LogP contribution < -0.4 is 4.74 Å². The van der Waals surface area contributed by atoms with E-state index in [2.05, 4.69) is 54.2 Å². The molecule has 4 aromatic rings. The third kappa shape index (κ3) is 4.99. The molecular weight excluding hydrogens is 514 g/mol. The van der Waals surface area contributed by atoms with Crippen molar-refractivity contribution in [3.63, 3.8) is 0 Å². The molecule has 41 heavy (non-hydrogen) atoms. The molecule has 1 aliphatic carbocycles. The van der Waals surface area contributed by atoms with E-state index in [0.717, 1.165) is 83.5 Å². The van der Waals surface area contributed by atoms with E-state index in [4.69, 9.17) is 9.72 Å². The van der Waals surface area contributed by atoms with Gasteiger partial charge in [-0.15, -0.1) is 5.10 Å². The van der Waals surface area contributed by atoms with Crippen molar-refractivity contribution in [3.05, 3.63) is 81.2 Å². The summed E-state index contributed by atoms with van der Waals surface area (Å²) in [6, 6.07) is 10.8. The van der Waals surface area contributed by atoms with Crippen LogP contribution in [0.1, 0.15) is 89.7 Å². The van der Waals surface area contributed by atoms with Gasteiger partial charge < -0.3 is 9.84 Å². The topological polar surface area (TPSA) is 93.4 Å². The van der Waals surface area contributed by atoms with Crippen molar-refractivity contribution in [2.45, 2.75) is 84.4 Å². The van der Waals surface area contributed by atoms with Gasteiger partial charge in [0.2, 0.25) is 0 Å². The Bertz CT molecular complexity index is 1630. The van der Waals surface area contributed by atoms with E-state index < -0.39 is 5.97 Å². The number of carboxylic acid groups (broad SMARTS) is 1. The lowest BCUT2D eigenvalue weighted by Gasteiger charge is -2.30. The highest BCUT2D eigenvalue weighted by molar-refractivity contribution is 5.83. The number of ether oxygens (including phenoxy) is 1. The van der Waals surface area contributed by atoms with Crippen LogP contribution in [0.25, 0.3) is 11.0 Å². The normalized spacial score (nSPS) is 19.4. The molecule has 0 fully saturated rings. The Labute approximate surface area is 241 Å². The summed E-state index contributed by atoms with van der Waals surface area (Å²) in [6.07, 6.45) is 6.08. The van der Waals surface area contributed by atoms with Gasteiger partial charge >= 0.3 is 5.97 Å². The first-order chi connectivity index (χ1) is 19.7. The van der Waals surface area contributed by atoms with Gasteiger partial charge in [-0.2, -0.15) is 0 Å². The number of aryl methyl sites for hydroxylation is 4. The minimum atomic E-state index is -0.805. The average molecular weight is 554 g/mol. The quantitative estimate of drug-likeness (QED) is 0.309. The molecule has 3 heterocycles. The van der Waals surface area contributed by atoms with E-state index in [-0.39, 0.29) is 24.5 Å². The highest BCUT2D eigenvalue weighted by atomic mass is 16.5. The molecule has 2 aromatic heterocycles. The molecule has 0 saturated heterocycles. The highest BCUT2D eigenvalue weighted by Gasteiger charge is 2.31. The number of fused-ring (bicyclic) bond motifs is 3. The maximum absolute atomic E-state index is 12.3. The Morgan fingerprint density at radius 3 is 2.83 bits per heavy atom. The zero-order valence-corrected chi connectivity index (χ0v) is 24.6. The average Bonchev–Trinajstić information content (AvgIpc) is 3.56. The zero-order valence-electron chi connectivity index (χ0n) is 24.6. The van der Waals surface area contributed by atoms with Gasteiger partial charge in [0, 0.05) is 32.3 Å². The third-order valence-corrected chi connectivity index (χ3v) is 9.15. The van der Waals surface area contributed by atoms with Crippen LogP contribution in [0.15, 0.2) is 36.5 Å². The predicted molar refractivity (Wildman–Crippen MR) is 158 cm³/mol. The van der Waals surface area contributed by atoms with Gasteiger partial charge in [-0.3, -0.25) is 14.7 Å². The molecule has 2 aromatic carbocycles. The summed E-state index contributed by atoms with van der Waals surface area (Å²) < 4.78 is 8.18. The number of carbonyl (C=O) groups is 1. The molecule has 0 saturated carbocycles. The molecule has 0 amide bonds. The van der Waals surface area contributed by atoms with Crippen LogP contribution in [0.2, 0.25) is 0 Å². The predicted octanol–water partition coefficient (Wildman–Crippen LogP) is 5.81. The van der Waals surface area contributed by atoms with Crippen LogP contribution in [-0.4, -0.2) is 48.6 Å². The first kappa shape index (κ1) is 27.4. The van der Waals surface area contributed by atoms with Gasteiger partial charge in [-0.25, -0.2) is 4.68 Å². The molecule has 1 N–H and O–H groups in total. The van der Waals surface area contributed by atoms with E-state index in [1.165, 1.54) is 16.7 Å². The number of benzene rings is 2. The summed E-state index contributed by atoms with van der Waals surface area (Å²) in [5.41, 5.74) is 11.0. The minimum absolute atomic E-state index is 0.0213. The van der Waals surface area contributed by atoms with Crippen LogP contribution in [0, 0.1) is 13.8 Å². The Hall–Kier alpha value is -3.78. The summed E-state index contributed by atoms with van der Waals surface area (Å²) in [5, 5.41) is 18.8. The number of pyridine rings is 1. The Morgan fingerprint density at radius 1 is 1.22 bits per heavy atom. The molecule has 0 bridgehead atoms. The first-order valence-electron chi connectivity index (χ1n) is 14.8. The van der Waals surface area contributed by atoms with E-state index in [0.29, 0.717) is 0 Å². The van der Waals surface area contributed by atoms with Crippen LogP contribution in [-0.2, 0) is 31.2 Å². The minimum Gasteiger partial charge on any atom is -0.487 e. The second-order valence-electron chi connectivity index (χ2n) is 11.8. The van der Waals surface area contributed by atoms with E-state index in [1.54, 1.807) is 4.68 Å². The molecule has 1 unspecified atom stereocenters. The summed E-state index contributed by atoms with van der Waals surface area (Å²) in [6.45, 7) is 10.1. The highest BCUT2D eigenvalue weighted by Crippen LogP contribution is 2.40. The lowest BCUT2D eigenvalue weighted by Crippen LogP contribution is -2.34. The molecule has 8 nitrogen and oxygen atoms in total. The van der Waals surface area contributed by atoms with Gasteiger partial charge in [0.05, 0.1) is 23.7 Å². The Balaban J connectivity index is 1.44. The fourth-order valence-corrected chi connectivity index (χ4v) is 6.97. The fraction of sp³-hybridized carbons (Fsp3) is 0.455. The molecular formula is C33H39N5O3. The maximum Gasteiger partial charge on any atom is 0.304 e. The SMILES string of the molecule is CC[C@@H]1CN(Cc2cc(C(CC(=O)O)c3cc(C)c4c(nnn4C)c3C)cc3c2CCC3)[C@@H](C)c2ncccc2O1. The number of rotatable bonds is 7. The van der Waals surface area contributed by atoms with Gasteiger partial charge in [-0.1, -0.05) is 30.3 Å². The lowest BCUT2D eigenvalue weighted by molar-refractivity contribution is -0.137. The number of hydrogen-bond acceptors (Lipinski definition) is 6. The fourth-order valence-electron chi connectivity index (χ4n) is 6.97. The molecule has 214 valence electrons. The van der Waals surface area contributed by atoms with E-state index >= 15 is 0 Å². The molecule has 0 radical (unpaired) electrons. The lowest BCUT2D eigenvalue weighted by atomic mass is 9.82. The second-order valence-corrected chi connectivity index (χ2v) is 11.8. The number of carboxylic acids is 1. The van der Waals surface area contributed by atoms with Crippen molar-refractivity contribution in [3.8, 4) is 5.75 Å². The first-order valence-corrected chi connectivity index (χ1v) is 14.8. The van der Waals surface area contributed by atoms with Gasteiger partial charge in [-0.05, 0) is 97.5 Å². The van der Waals surface area contributed by atoms with Gasteiger partial charge in [0.15, 0.2) is 0 Å². The molecule has 6 rings (SSSR count). The Kier molecular flexibility index (Phi) is 7.28. The van der Waals surface area contributed by atoms with Crippen molar-refractivity contribution >= 4 is 17.0 Å². The van der Waals surface area contributed by atoms with Crippen molar-refractivity contribution in [1.82, 2.24) is 24.9 Å². The van der Waals surface area contributed by atoms with E-state index in [1.807, 2.05) is 32.3 Å².